The standard InChI is InChI=1S/C18H16N4O2/c1-23-15-9-8-12(10-16(15)24-2)17-14(11-19)18(20)22(21-17)13-6-4-3-5-7-13/h3-10H,20H2,1-2H3. The van der Waals surface area contributed by atoms with Crippen LogP contribution in [0, 0.1) is 11.3 Å². The molecule has 0 atom stereocenters. The highest BCUT2D eigenvalue weighted by molar-refractivity contribution is 5.75. The fourth-order valence-corrected chi connectivity index (χ4v) is 2.49. The number of ether oxygens (including phenoxy) is 2. The molecule has 0 aliphatic rings. The van der Waals surface area contributed by atoms with Crippen molar-refractivity contribution in [3.05, 3.63) is 54.1 Å². The molecule has 0 saturated heterocycles. The normalized spacial score (nSPS) is 10.2. The summed E-state index contributed by atoms with van der Waals surface area (Å²) in [5, 5.41) is 14.0. The van der Waals surface area contributed by atoms with E-state index >= 15 is 0 Å². The van der Waals surface area contributed by atoms with Crippen molar-refractivity contribution in [3.63, 3.8) is 0 Å². The number of nitriles is 1. The van der Waals surface area contributed by atoms with Gasteiger partial charge in [-0.2, -0.15) is 10.4 Å². The van der Waals surface area contributed by atoms with Gasteiger partial charge in [0.1, 0.15) is 23.1 Å². The molecule has 1 heterocycles. The summed E-state index contributed by atoms with van der Waals surface area (Å²) in [7, 11) is 3.13. The van der Waals surface area contributed by atoms with E-state index in [1.165, 1.54) is 0 Å². The van der Waals surface area contributed by atoms with Crippen LogP contribution in [0.15, 0.2) is 48.5 Å². The third kappa shape index (κ3) is 2.52. The van der Waals surface area contributed by atoms with Gasteiger partial charge in [0.25, 0.3) is 0 Å². The van der Waals surface area contributed by atoms with Crippen molar-refractivity contribution in [1.29, 1.82) is 5.26 Å². The van der Waals surface area contributed by atoms with Gasteiger partial charge in [-0.1, -0.05) is 18.2 Å². The van der Waals surface area contributed by atoms with Gasteiger partial charge in [0.05, 0.1) is 19.9 Å². The number of nitrogen functional groups attached to an aromatic ring is 1. The molecule has 2 aromatic carbocycles. The number of hydrogen-bond donors (Lipinski definition) is 1. The SMILES string of the molecule is COc1ccc(-c2nn(-c3ccccc3)c(N)c2C#N)cc1OC. The Morgan fingerprint density at radius 2 is 1.75 bits per heavy atom. The molecule has 0 saturated carbocycles. The first kappa shape index (κ1) is 15.4. The molecule has 0 unspecified atom stereocenters. The minimum atomic E-state index is 0.300. The lowest BCUT2D eigenvalue weighted by molar-refractivity contribution is 0.355. The summed E-state index contributed by atoms with van der Waals surface area (Å²) >= 11 is 0. The highest BCUT2D eigenvalue weighted by Gasteiger charge is 2.19. The maximum atomic E-state index is 9.51. The van der Waals surface area contributed by atoms with E-state index in [1.54, 1.807) is 31.0 Å². The Labute approximate surface area is 139 Å². The first-order valence-corrected chi connectivity index (χ1v) is 7.26. The van der Waals surface area contributed by atoms with Crippen LogP contribution in [0.1, 0.15) is 5.56 Å². The summed E-state index contributed by atoms with van der Waals surface area (Å²) < 4.78 is 12.1. The molecule has 0 bridgehead atoms. The van der Waals surface area contributed by atoms with E-state index in [1.807, 2.05) is 36.4 Å². The molecule has 2 N–H and O–H groups in total. The zero-order valence-corrected chi connectivity index (χ0v) is 13.4. The van der Waals surface area contributed by atoms with Crippen molar-refractivity contribution in [1.82, 2.24) is 9.78 Å². The van der Waals surface area contributed by atoms with Crippen LogP contribution >= 0.6 is 0 Å². The van der Waals surface area contributed by atoms with Crippen molar-refractivity contribution in [2.75, 3.05) is 20.0 Å². The van der Waals surface area contributed by atoms with Crippen molar-refractivity contribution in [3.8, 4) is 34.5 Å². The molecular weight excluding hydrogens is 304 g/mol. The monoisotopic (exact) mass is 320 g/mol. The zero-order valence-electron chi connectivity index (χ0n) is 13.4. The first-order chi connectivity index (χ1) is 11.7. The number of nitrogens with zero attached hydrogens (tertiary/aromatic N) is 3. The largest absolute Gasteiger partial charge is 0.493 e. The predicted octanol–water partition coefficient (Wildman–Crippen LogP) is 3.01. The molecule has 0 amide bonds. The Balaban J connectivity index is 2.17. The highest BCUT2D eigenvalue weighted by atomic mass is 16.5. The average molecular weight is 320 g/mol. The lowest BCUT2D eigenvalue weighted by atomic mass is 10.1. The van der Waals surface area contributed by atoms with Crippen molar-refractivity contribution >= 4 is 5.82 Å². The molecule has 0 aliphatic carbocycles. The molecule has 6 nitrogen and oxygen atoms in total. The lowest BCUT2D eigenvalue weighted by Crippen LogP contribution is -2.01. The second-order valence-corrected chi connectivity index (χ2v) is 5.04. The Kier molecular flexibility index (Phi) is 4.08. The van der Waals surface area contributed by atoms with Crippen molar-refractivity contribution in [2.45, 2.75) is 0 Å². The molecule has 0 spiro atoms. The Hall–Kier alpha value is -3.46. The molecule has 0 aliphatic heterocycles. The van der Waals surface area contributed by atoms with Crippen LogP contribution in [-0.2, 0) is 0 Å². The number of para-hydroxylation sites is 1. The van der Waals surface area contributed by atoms with Gasteiger partial charge in [-0.25, -0.2) is 4.68 Å². The van der Waals surface area contributed by atoms with Gasteiger partial charge in [0.2, 0.25) is 0 Å². The van der Waals surface area contributed by atoms with Gasteiger partial charge in [-0.3, -0.25) is 0 Å². The van der Waals surface area contributed by atoms with Crippen molar-refractivity contribution in [2.24, 2.45) is 0 Å². The van der Waals surface area contributed by atoms with Gasteiger partial charge < -0.3 is 15.2 Å². The van der Waals surface area contributed by atoms with Gasteiger partial charge in [-0.05, 0) is 30.3 Å². The summed E-state index contributed by atoms with van der Waals surface area (Å²) in [4.78, 5) is 0. The fraction of sp³-hybridized carbons (Fsp3) is 0.111. The van der Waals surface area contributed by atoms with Crippen LogP contribution in [0.3, 0.4) is 0 Å². The molecular formula is C18H16N4O2. The first-order valence-electron chi connectivity index (χ1n) is 7.26. The zero-order chi connectivity index (χ0) is 17.1. The number of anilines is 1. The second-order valence-electron chi connectivity index (χ2n) is 5.04. The van der Waals surface area contributed by atoms with Gasteiger partial charge in [-0.15, -0.1) is 0 Å². The fourth-order valence-electron chi connectivity index (χ4n) is 2.49. The van der Waals surface area contributed by atoms with E-state index in [-0.39, 0.29) is 0 Å². The van der Waals surface area contributed by atoms with E-state index in [4.69, 9.17) is 15.2 Å². The molecule has 3 rings (SSSR count). The number of methoxy groups -OCH3 is 2. The van der Waals surface area contributed by atoms with E-state index in [9.17, 15) is 5.26 Å². The number of rotatable bonds is 4. The minimum Gasteiger partial charge on any atom is -0.493 e. The summed E-state index contributed by atoms with van der Waals surface area (Å²) in [6, 6.07) is 16.9. The number of aromatic nitrogens is 2. The third-order valence-electron chi connectivity index (χ3n) is 3.69. The number of benzene rings is 2. The Morgan fingerprint density at radius 3 is 2.38 bits per heavy atom. The molecule has 0 fully saturated rings. The summed E-state index contributed by atoms with van der Waals surface area (Å²) in [5.74, 6) is 1.47. The van der Waals surface area contributed by atoms with E-state index < -0.39 is 0 Å². The maximum Gasteiger partial charge on any atom is 0.161 e. The molecule has 24 heavy (non-hydrogen) atoms. The van der Waals surface area contributed by atoms with Crippen LogP contribution in [-0.4, -0.2) is 24.0 Å². The molecule has 0 radical (unpaired) electrons. The number of nitrogens with two attached hydrogens (primary N) is 1. The quantitative estimate of drug-likeness (QED) is 0.798. The van der Waals surface area contributed by atoms with Crippen LogP contribution in [0.5, 0.6) is 11.5 Å². The summed E-state index contributed by atoms with van der Waals surface area (Å²) in [6.07, 6.45) is 0. The van der Waals surface area contributed by atoms with Gasteiger partial charge >= 0.3 is 0 Å². The van der Waals surface area contributed by atoms with Crippen molar-refractivity contribution < 1.29 is 9.47 Å². The smallest absolute Gasteiger partial charge is 0.161 e. The molecule has 120 valence electrons. The lowest BCUT2D eigenvalue weighted by Gasteiger charge is -2.08. The minimum absolute atomic E-state index is 0.300. The molecule has 6 heteroatoms. The predicted molar refractivity (Wildman–Crippen MR) is 91.2 cm³/mol. The third-order valence-corrected chi connectivity index (χ3v) is 3.69. The average Bonchev–Trinajstić information content (AvgIpc) is 2.98. The van der Waals surface area contributed by atoms with E-state index in [0.29, 0.717) is 28.6 Å². The van der Waals surface area contributed by atoms with Gasteiger partial charge in [0, 0.05) is 5.56 Å². The molecule has 3 aromatic rings. The van der Waals surface area contributed by atoms with Crippen LogP contribution in [0.4, 0.5) is 5.82 Å². The second kappa shape index (κ2) is 6.34. The number of hydrogen-bond acceptors (Lipinski definition) is 5. The maximum absolute atomic E-state index is 9.51. The Bertz CT molecular complexity index is 911. The molecule has 1 aromatic heterocycles. The topological polar surface area (TPSA) is 86.1 Å². The highest BCUT2D eigenvalue weighted by Crippen LogP contribution is 2.35. The van der Waals surface area contributed by atoms with Gasteiger partial charge in [0.15, 0.2) is 11.5 Å². The summed E-state index contributed by atoms with van der Waals surface area (Å²) in [6.45, 7) is 0. The summed E-state index contributed by atoms with van der Waals surface area (Å²) in [5.41, 5.74) is 8.47. The Morgan fingerprint density at radius 1 is 1.04 bits per heavy atom. The van der Waals surface area contributed by atoms with Crippen LogP contribution in [0.25, 0.3) is 16.9 Å². The van der Waals surface area contributed by atoms with Crippen LogP contribution in [0.2, 0.25) is 0 Å². The van der Waals surface area contributed by atoms with E-state index in [0.717, 1.165) is 11.3 Å². The van der Waals surface area contributed by atoms with E-state index in [2.05, 4.69) is 11.2 Å². The van der Waals surface area contributed by atoms with Crippen LogP contribution < -0.4 is 15.2 Å².